The number of imidazole rings is 1. The van der Waals surface area contributed by atoms with Crippen LogP contribution in [0.4, 0.5) is 0 Å². The number of hydrogen-bond acceptors (Lipinski definition) is 4. The average molecular weight is 420 g/mol. The van der Waals surface area contributed by atoms with Gasteiger partial charge in [-0.25, -0.2) is 18.5 Å². The van der Waals surface area contributed by atoms with Gasteiger partial charge in [0.05, 0.1) is 22.0 Å². The number of sulfonamides is 1. The molecule has 1 heterocycles. The Hall–Kier alpha value is -3.49. The number of para-hydroxylation sites is 2. The minimum absolute atomic E-state index is 0.0346. The maximum Gasteiger partial charge on any atom is 0.251 e. The van der Waals surface area contributed by atoms with Crippen molar-refractivity contribution in [1.29, 1.82) is 0 Å². The Labute approximate surface area is 174 Å². The Morgan fingerprint density at radius 1 is 1.00 bits per heavy atom. The van der Waals surface area contributed by atoms with Crippen LogP contribution in [0.5, 0.6) is 0 Å². The van der Waals surface area contributed by atoms with Crippen molar-refractivity contribution in [2.24, 2.45) is 5.14 Å². The number of nitrogens with one attached hydrogen (secondary N) is 1. The molecular formula is C22H20N4O3S. The normalized spacial score (nSPS) is 12.6. The van der Waals surface area contributed by atoms with E-state index in [1.54, 1.807) is 30.6 Å². The second kappa shape index (κ2) is 7.74. The second-order valence-corrected chi connectivity index (χ2v) is 8.52. The molecule has 0 spiro atoms. The van der Waals surface area contributed by atoms with Crippen molar-refractivity contribution in [3.05, 3.63) is 90.3 Å². The van der Waals surface area contributed by atoms with Crippen LogP contribution >= 0.6 is 0 Å². The summed E-state index contributed by atoms with van der Waals surface area (Å²) in [6.07, 6.45) is 1.76. The van der Waals surface area contributed by atoms with Crippen LogP contribution in [-0.4, -0.2) is 23.9 Å². The van der Waals surface area contributed by atoms with Gasteiger partial charge in [-0.3, -0.25) is 9.36 Å². The van der Waals surface area contributed by atoms with Crippen LogP contribution in [-0.2, 0) is 10.0 Å². The van der Waals surface area contributed by atoms with Gasteiger partial charge in [-0.1, -0.05) is 24.3 Å². The van der Waals surface area contributed by atoms with Crippen molar-refractivity contribution in [1.82, 2.24) is 14.9 Å². The molecule has 0 saturated heterocycles. The Kier molecular flexibility index (Phi) is 5.11. The molecule has 8 heteroatoms. The summed E-state index contributed by atoms with van der Waals surface area (Å²) >= 11 is 0. The first-order valence-corrected chi connectivity index (χ1v) is 10.8. The van der Waals surface area contributed by atoms with Crippen molar-refractivity contribution in [2.45, 2.75) is 17.9 Å². The van der Waals surface area contributed by atoms with E-state index in [1.807, 2.05) is 47.9 Å². The number of rotatable bonds is 5. The third-order valence-corrected chi connectivity index (χ3v) is 5.85. The van der Waals surface area contributed by atoms with E-state index in [1.165, 1.54) is 12.1 Å². The first-order chi connectivity index (χ1) is 14.3. The number of amides is 1. The molecule has 4 rings (SSSR count). The highest BCUT2D eigenvalue weighted by Gasteiger charge is 2.14. The van der Waals surface area contributed by atoms with Gasteiger partial charge < -0.3 is 5.32 Å². The number of nitrogens with two attached hydrogens (primary N) is 1. The monoisotopic (exact) mass is 420 g/mol. The zero-order valence-electron chi connectivity index (χ0n) is 16.2. The van der Waals surface area contributed by atoms with Gasteiger partial charge in [0.2, 0.25) is 10.0 Å². The zero-order chi connectivity index (χ0) is 21.3. The van der Waals surface area contributed by atoms with Crippen LogP contribution in [0, 0.1) is 0 Å². The van der Waals surface area contributed by atoms with Gasteiger partial charge in [-0.15, -0.1) is 0 Å². The number of aromatic nitrogens is 2. The van der Waals surface area contributed by atoms with Crippen LogP contribution in [0.2, 0.25) is 0 Å². The van der Waals surface area contributed by atoms with Crippen LogP contribution in [0.3, 0.4) is 0 Å². The number of nitrogens with zero attached hydrogens (tertiary/aromatic N) is 2. The van der Waals surface area contributed by atoms with E-state index in [4.69, 9.17) is 5.14 Å². The predicted molar refractivity (Wildman–Crippen MR) is 115 cm³/mol. The molecule has 0 aliphatic rings. The average Bonchev–Trinajstić information content (AvgIpc) is 3.17. The molecule has 0 aliphatic carbocycles. The molecule has 0 fully saturated rings. The molecule has 152 valence electrons. The third kappa shape index (κ3) is 3.96. The highest BCUT2D eigenvalue weighted by molar-refractivity contribution is 7.89. The van der Waals surface area contributed by atoms with Gasteiger partial charge in [-0.05, 0) is 61.0 Å². The number of fused-ring (bicyclic) bond motifs is 1. The van der Waals surface area contributed by atoms with Gasteiger partial charge >= 0.3 is 0 Å². The Bertz CT molecular complexity index is 1310. The molecule has 7 nitrogen and oxygen atoms in total. The van der Waals surface area contributed by atoms with E-state index in [2.05, 4.69) is 10.3 Å². The number of hydrogen-bond donors (Lipinski definition) is 2. The maximum absolute atomic E-state index is 12.6. The lowest BCUT2D eigenvalue weighted by molar-refractivity contribution is 0.0940. The SMILES string of the molecule is C[C@@H](NC(=O)c1ccc(-n2cnc3ccccc32)cc1)c1ccc(S(N)(=O)=O)cc1. The summed E-state index contributed by atoms with van der Waals surface area (Å²) in [5.41, 5.74) is 4.10. The van der Waals surface area contributed by atoms with Crippen molar-refractivity contribution in [3.63, 3.8) is 0 Å². The lowest BCUT2D eigenvalue weighted by Gasteiger charge is -2.15. The lowest BCUT2D eigenvalue weighted by Crippen LogP contribution is -2.26. The van der Waals surface area contributed by atoms with Gasteiger partial charge in [0.25, 0.3) is 5.91 Å². The first kappa shape index (κ1) is 19.8. The topological polar surface area (TPSA) is 107 Å². The minimum Gasteiger partial charge on any atom is -0.346 e. The van der Waals surface area contributed by atoms with Crippen LogP contribution < -0.4 is 10.5 Å². The van der Waals surface area contributed by atoms with E-state index in [0.717, 1.165) is 22.3 Å². The summed E-state index contributed by atoms with van der Waals surface area (Å²) in [4.78, 5) is 17.0. The fourth-order valence-electron chi connectivity index (χ4n) is 3.25. The summed E-state index contributed by atoms with van der Waals surface area (Å²) < 4.78 is 24.7. The fraction of sp³-hybridized carbons (Fsp3) is 0.0909. The molecule has 0 unspecified atom stereocenters. The number of primary sulfonamides is 1. The standard InChI is InChI=1S/C22H20N4O3S/c1-15(16-8-12-19(13-9-16)30(23,28)29)25-22(27)17-6-10-18(11-7-17)26-14-24-20-4-2-3-5-21(20)26/h2-15H,1H3,(H,25,27)(H2,23,28,29)/t15-/m1/s1. The second-order valence-electron chi connectivity index (χ2n) is 6.96. The van der Waals surface area contributed by atoms with Crippen LogP contribution in [0.1, 0.15) is 28.9 Å². The van der Waals surface area contributed by atoms with E-state index in [-0.39, 0.29) is 16.8 Å². The summed E-state index contributed by atoms with van der Waals surface area (Å²) in [5.74, 6) is -0.222. The van der Waals surface area contributed by atoms with Gasteiger partial charge in [0.15, 0.2) is 0 Å². The number of carbonyl (C=O) groups excluding carboxylic acids is 1. The molecule has 30 heavy (non-hydrogen) atoms. The summed E-state index contributed by atoms with van der Waals surface area (Å²) in [7, 11) is -3.74. The molecule has 0 aliphatic heterocycles. The van der Waals surface area contributed by atoms with Gasteiger partial charge in [-0.2, -0.15) is 0 Å². The molecule has 0 saturated carbocycles. The summed E-state index contributed by atoms with van der Waals surface area (Å²) in [5, 5.41) is 8.03. The molecule has 1 atom stereocenters. The van der Waals surface area contributed by atoms with Crippen LogP contribution in [0.15, 0.2) is 84.0 Å². The van der Waals surface area contributed by atoms with Crippen molar-refractivity contribution in [2.75, 3.05) is 0 Å². The van der Waals surface area contributed by atoms with Gasteiger partial charge in [0, 0.05) is 11.3 Å². The van der Waals surface area contributed by atoms with Crippen molar-refractivity contribution >= 4 is 27.0 Å². The molecule has 0 radical (unpaired) electrons. The first-order valence-electron chi connectivity index (χ1n) is 9.29. The molecule has 3 aromatic carbocycles. The molecule has 0 bridgehead atoms. The molecule has 4 aromatic rings. The Morgan fingerprint density at radius 2 is 1.67 bits per heavy atom. The lowest BCUT2D eigenvalue weighted by atomic mass is 10.1. The van der Waals surface area contributed by atoms with E-state index in [9.17, 15) is 13.2 Å². The van der Waals surface area contributed by atoms with E-state index < -0.39 is 10.0 Å². The minimum atomic E-state index is -3.74. The fourth-order valence-corrected chi connectivity index (χ4v) is 3.76. The quantitative estimate of drug-likeness (QED) is 0.517. The van der Waals surface area contributed by atoms with Crippen molar-refractivity contribution < 1.29 is 13.2 Å². The smallest absolute Gasteiger partial charge is 0.251 e. The Morgan fingerprint density at radius 3 is 2.33 bits per heavy atom. The van der Waals surface area contributed by atoms with Crippen molar-refractivity contribution in [3.8, 4) is 5.69 Å². The summed E-state index contributed by atoms with van der Waals surface area (Å²) in [6, 6.07) is 20.9. The van der Waals surface area contributed by atoms with Gasteiger partial charge in [0.1, 0.15) is 6.33 Å². The third-order valence-electron chi connectivity index (χ3n) is 4.92. The highest BCUT2D eigenvalue weighted by Crippen LogP contribution is 2.19. The van der Waals surface area contributed by atoms with E-state index >= 15 is 0 Å². The maximum atomic E-state index is 12.6. The highest BCUT2D eigenvalue weighted by atomic mass is 32.2. The molecule has 3 N–H and O–H groups in total. The van der Waals surface area contributed by atoms with Crippen LogP contribution in [0.25, 0.3) is 16.7 Å². The predicted octanol–water partition coefficient (Wildman–Crippen LogP) is 3.16. The zero-order valence-corrected chi connectivity index (χ0v) is 17.0. The number of carbonyl (C=O) groups is 1. The molecule has 1 aromatic heterocycles. The van der Waals surface area contributed by atoms with E-state index in [0.29, 0.717) is 5.56 Å². The molecule has 1 amide bonds. The number of benzene rings is 3. The Balaban J connectivity index is 1.48. The summed E-state index contributed by atoms with van der Waals surface area (Å²) in [6.45, 7) is 1.83. The largest absolute Gasteiger partial charge is 0.346 e. The molecular weight excluding hydrogens is 400 g/mol.